The van der Waals surface area contributed by atoms with Gasteiger partial charge in [-0.3, -0.25) is 14.5 Å². The lowest BCUT2D eigenvalue weighted by molar-refractivity contribution is -0.121. The molecule has 28 heavy (non-hydrogen) atoms. The number of carbonyl (C=O) groups is 3. The largest absolute Gasteiger partial charge is 0.462 e. The van der Waals surface area contributed by atoms with Gasteiger partial charge in [-0.2, -0.15) is 0 Å². The molecule has 2 rings (SSSR count). The number of hydrogen-bond donors (Lipinski definition) is 2. The second-order valence-corrected chi connectivity index (χ2v) is 8.10. The molecule has 9 heteroatoms. The number of primary amides is 1. The minimum Gasteiger partial charge on any atom is -0.462 e. The Kier molecular flexibility index (Phi) is 8.40. The molecule has 0 fully saturated rings. The van der Waals surface area contributed by atoms with Gasteiger partial charge < -0.3 is 20.5 Å². The van der Waals surface area contributed by atoms with Crippen molar-refractivity contribution in [1.29, 1.82) is 0 Å². The predicted octanol–water partition coefficient (Wildman–Crippen LogP) is 1.42. The first-order valence-corrected chi connectivity index (χ1v) is 10.3. The van der Waals surface area contributed by atoms with E-state index in [9.17, 15) is 14.4 Å². The Balaban J connectivity index is 2.18. The first-order valence-electron chi connectivity index (χ1n) is 9.46. The van der Waals surface area contributed by atoms with Crippen LogP contribution in [-0.4, -0.2) is 62.6 Å². The van der Waals surface area contributed by atoms with Gasteiger partial charge in [-0.1, -0.05) is 6.92 Å². The molecule has 1 aliphatic rings. The second-order valence-electron chi connectivity index (χ2n) is 6.99. The maximum Gasteiger partial charge on any atom is 0.341 e. The molecule has 0 saturated carbocycles. The van der Waals surface area contributed by atoms with Crippen molar-refractivity contribution in [2.24, 2.45) is 11.7 Å². The number of esters is 1. The summed E-state index contributed by atoms with van der Waals surface area (Å²) in [6.45, 7) is 4.93. The van der Waals surface area contributed by atoms with E-state index in [1.807, 2.05) is 0 Å². The summed E-state index contributed by atoms with van der Waals surface area (Å²) in [5.41, 5.74) is 6.72. The summed E-state index contributed by atoms with van der Waals surface area (Å²) in [4.78, 5) is 39.1. The van der Waals surface area contributed by atoms with Crippen LogP contribution >= 0.6 is 11.3 Å². The van der Waals surface area contributed by atoms with Gasteiger partial charge in [0.1, 0.15) is 5.00 Å². The third-order valence-corrected chi connectivity index (χ3v) is 5.77. The van der Waals surface area contributed by atoms with Crippen molar-refractivity contribution >= 4 is 34.1 Å². The van der Waals surface area contributed by atoms with E-state index in [0.717, 1.165) is 29.7 Å². The fourth-order valence-electron chi connectivity index (χ4n) is 3.28. The second kappa shape index (κ2) is 10.5. The molecule has 0 saturated heterocycles. The topological polar surface area (TPSA) is 111 Å². The van der Waals surface area contributed by atoms with Crippen LogP contribution in [0.4, 0.5) is 5.00 Å². The summed E-state index contributed by atoms with van der Waals surface area (Å²) in [6.07, 6.45) is 2.70. The van der Waals surface area contributed by atoms with E-state index in [0.29, 0.717) is 29.6 Å². The minimum absolute atomic E-state index is 0.0203. The molecule has 0 aliphatic heterocycles. The molecule has 156 valence electrons. The van der Waals surface area contributed by atoms with Crippen molar-refractivity contribution in [3.63, 3.8) is 0 Å². The first kappa shape index (κ1) is 22.3. The molecular weight excluding hydrogens is 382 g/mol. The number of hydrogen-bond acceptors (Lipinski definition) is 7. The SMILES string of the molecule is CCOC(=O)c1c(NC(=O)CN(CCOC)CC(N)=O)sc2c1CCC(C)C2. The van der Waals surface area contributed by atoms with Crippen molar-refractivity contribution in [2.75, 3.05) is 45.3 Å². The highest BCUT2D eigenvalue weighted by molar-refractivity contribution is 7.17. The van der Waals surface area contributed by atoms with Crippen LogP contribution in [0.1, 0.15) is 41.1 Å². The number of nitrogens with zero attached hydrogens (tertiary/aromatic N) is 1. The zero-order valence-corrected chi connectivity index (χ0v) is 17.5. The lowest BCUT2D eigenvalue weighted by Gasteiger charge is -2.19. The van der Waals surface area contributed by atoms with E-state index in [1.54, 1.807) is 18.9 Å². The van der Waals surface area contributed by atoms with E-state index < -0.39 is 11.9 Å². The van der Waals surface area contributed by atoms with Gasteiger partial charge in [-0.25, -0.2) is 4.79 Å². The average molecular weight is 412 g/mol. The Bertz CT molecular complexity index is 719. The first-order chi connectivity index (χ1) is 13.3. The maximum absolute atomic E-state index is 12.6. The van der Waals surface area contributed by atoms with Gasteiger partial charge >= 0.3 is 5.97 Å². The Morgan fingerprint density at radius 2 is 2.07 bits per heavy atom. The standard InChI is InChI=1S/C19H29N3O5S/c1-4-27-19(25)17-13-6-5-12(2)9-14(13)28-18(17)21-16(24)11-22(7-8-26-3)10-15(20)23/h12H,4-11H2,1-3H3,(H2,20,23)(H,21,24). The van der Waals surface area contributed by atoms with Gasteiger partial charge in [0, 0.05) is 18.5 Å². The third-order valence-electron chi connectivity index (χ3n) is 4.60. The van der Waals surface area contributed by atoms with Crippen molar-refractivity contribution < 1.29 is 23.9 Å². The molecule has 0 bridgehead atoms. The highest BCUT2D eigenvalue weighted by Crippen LogP contribution is 2.40. The molecule has 0 aromatic carbocycles. The molecule has 0 radical (unpaired) electrons. The third kappa shape index (κ3) is 6.02. The lowest BCUT2D eigenvalue weighted by Crippen LogP contribution is -2.40. The Morgan fingerprint density at radius 3 is 2.71 bits per heavy atom. The van der Waals surface area contributed by atoms with Crippen LogP contribution in [0.15, 0.2) is 0 Å². The zero-order valence-electron chi connectivity index (χ0n) is 16.7. The summed E-state index contributed by atoms with van der Waals surface area (Å²) >= 11 is 1.44. The number of fused-ring (bicyclic) bond motifs is 1. The number of methoxy groups -OCH3 is 1. The summed E-state index contributed by atoms with van der Waals surface area (Å²) in [6, 6.07) is 0. The number of thiophene rings is 1. The molecule has 3 N–H and O–H groups in total. The molecule has 0 spiro atoms. The van der Waals surface area contributed by atoms with Crippen LogP contribution < -0.4 is 11.1 Å². The van der Waals surface area contributed by atoms with Crippen LogP contribution in [0.5, 0.6) is 0 Å². The summed E-state index contributed by atoms with van der Waals surface area (Å²) in [5.74, 6) is -0.686. The van der Waals surface area contributed by atoms with E-state index in [2.05, 4.69) is 12.2 Å². The van der Waals surface area contributed by atoms with Crippen molar-refractivity contribution in [3.05, 3.63) is 16.0 Å². The molecule has 1 atom stereocenters. The number of amides is 2. The van der Waals surface area contributed by atoms with Gasteiger partial charge in [-0.05, 0) is 37.7 Å². The number of rotatable bonds is 10. The van der Waals surface area contributed by atoms with Gasteiger partial charge in [0.2, 0.25) is 11.8 Å². The van der Waals surface area contributed by atoms with Crippen LogP contribution in [0.3, 0.4) is 0 Å². The molecule has 1 unspecified atom stereocenters. The lowest BCUT2D eigenvalue weighted by atomic mass is 9.88. The Morgan fingerprint density at radius 1 is 1.32 bits per heavy atom. The molecule has 2 amide bonds. The van der Waals surface area contributed by atoms with E-state index in [-0.39, 0.29) is 25.6 Å². The van der Waals surface area contributed by atoms with Gasteiger partial charge in [0.15, 0.2) is 0 Å². The number of nitrogens with one attached hydrogen (secondary N) is 1. The highest BCUT2D eigenvalue weighted by atomic mass is 32.1. The van der Waals surface area contributed by atoms with Crippen LogP contribution in [0, 0.1) is 5.92 Å². The Labute approximate surface area is 169 Å². The molecule has 1 heterocycles. The molecule has 1 aliphatic carbocycles. The predicted molar refractivity (Wildman–Crippen MR) is 108 cm³/mol. The molecule has 1 aromatic heterocycles. The highest BCUT2D eigenvalue weighted by Gasteiger charge is 2.29. The molecule has 1 aromatic rings. The van der Waals surface area contributed by atoms with Crippen molar-refractivity contribution in [3.8, 4) is 0 Å². The summed E-state index contributed by atoms with van der Waals surface area (Å²) < 4.78 is 10.2. The average Bonchev–Trinajstić information content (AvgIpc) is 2.95. The number of ether oxygens (including phenoxy) is 2. The Hall–Kier alpha value is -1.97. The van der Waals surface area contributed by atoms with Gasteiger partial charge in [-0.15, -0.1) is 11.3 Å². The van der Waals surface area contributed by atoms with Crippen LogP contribution in [0.2, 0.25) is 0 Å². The summed E-state index contributed by atoms with van der Waals surface area (Å²) in [7, 11) is 1.55. The van der Waals surface area contributed by atoms with E-state index >= 15 is 0 Å². The molecule has 8 nitrogen and oxygen atoms in total. The normalized spacial score (nSPS) is 15.9. The number of carbonyl (C=O) groups excluding carboxylic acids is 3. The van der Waals surface area contributed by atoms with E-state index in [4.69, 9.17) is 15.2 Å². The smallest absolute Gasteiger partial charge is 0.341 e. The van der Waals surface area contributed by atoms with Gasteiger partial charge in [0.05, 0.1) is 31.9 Å². The fraction of sp³-hybridized carbons (Fsp3) is 0.632. The summed E-state index contributed by atoms with van der Waals surface area (Å²) in [5, 5.41) is 3.37. The van der Waals surface area contributed by atoms with Crippen molar-refractivity contribution in [2.45, 2.75) is 33.1 Å². The quantitative estimate of drug-likeness (QED) is 0.564. The zero-order chi connectivity index (χ0) is 20.7. The van der Waals surface area contributed by atoms with E-state index in [1.165, 1.54) is 11.3 Å². The molecular formula is C19H29N3O5S. The number of nitrogens with two attached hydrogens (primary N) is 1. The minimum atomic E-state index is -0.517. The van der Waals surface area contributed by atoms with Crippen LogP contribution in [-0.2, 0) is 31.9 Å². The van der Waals surface area contributed by atoms with Gasteiger partial charge in [0.25, 0.3) is 0 Å². The number of anilines is 1. The monoisotopic (exact) mass is 411 g/mol. The van der Waals surface area contributed by atoms with Crippen LogP contribution in [0.25, 0.3) is 0 Å². The fourth-order valence-corrected chi connectivity index (χ4v) is 4.70. The maximum atomic E-state index is 12.6. The van der Waals surface area contributed by atoms with Crippen molar-refractivity contribution in [1.82, 2.24) is 4.90 Å².